The monoisotopic (exact) mass is 445 g/mol. The number of nitrogen functional groups attached to an aromatic ring is 1. The number of anilines is 1. The first-order chi connectivity index (χ1) is 14.9. The third-order valence-corrected chi connectivity index (χ3v) is 6.52. The largest absolute Gasteiger partial charge is 0.586 e. The predicted molar refractivity (Wildman–Crippen MR) is 108 cm³/mol. The second kappa shape index (κ2) is 6.44. The average Bonchev–Trinajstić information content (AvgIpc) is 3.39. The molecule has 5 heterocycles. The molecule has 0 atom stereocenters. The highest BCUT2D eigenvalue weighted by atomic mass is 32.1. The molecular weight excluding hydrogens is 428 g/mol. The van der Waals surface area contributed by atoms with Gasteiger partial charge in [-0.25, -0.2) is 15.0 Å². The van der Waals surface area contributed by atoms with Crippen LogP contribution in [0.2, 0.25) is 0 Å². The number of rotatable bonds is 3. The van der Waals surface area contributed by atoms with Crippen LogP contribution in [0.5, 0.6) is 11.5 Å². The van der Waals surface area contributed by atoms with Gasteiger partial charge in [-0.15, -0.1) is 25.2 Å². The molecule has 0 unspecified atom stereocenters. The van der Waals surface area contributed by atoms with Crippen molar-refractivity contribution in [2.24, 2.45) is 0 Å². The maximum atomic E-state index is 13.5. The third-order valence-electron chi connectivity index (χ3n) is 5.45. The first kappa shape index (κ1) is 18.6. The second-order valence-corrected chi connectivity index (χ2v) is 8.86. The van der Waals surface area contributed by atoms with E-state index in [-0.39, 0.29) is 23.0 Å². The summed E-state index contributed by atoms with van der Waals surface area (Å²) in [6.45, 7) is 4.59. The number of benzene rings is 1. The Morgan fingerprint density at radius 1 is 1.23 bits per heavy atom. The van der Waals surface area contributed by atoms with E-state index in [9.17, 15) is 8.78 Å². The van der Waals surface area contributed by atoms with Crippen molar-refractivity contribution < 1.29 is 18.3 Å². The SMILES string of the molecule is Cc1nc2c(s1)CCN(CCc1nc3c4ccc5c(c4nc(N)n3n1)OC(F)(F)O5)C2. The van der Waals surface area contributed by atoms with Crippen molar-refractivity contribution >= 4 is 33.8 Å². The number of alkyl halides is 2. The fourth-order valence-corrected chi connectivity index (χ4v) is 5.01. The Hall–Kier alpha value is -3.12. The van der Waals surface area contributed by atoms with E-state index in [0.29, 0.717) is 23.3 Å². The molecule has 0 radical (unpaired) electrons. The number of nitrogens with two attached hydrogens (primary N) is 1. The van der Waals surface area contributed by atoms with Crippen molar-refractivity contribution in [1.82, 2.24) is 29.5 Å². The van der Waals surface area contributed by atoms with E-state index in [2.05, 4.69) is 34.4 Å². The fraction of sp³-hybridized carbons (Fsp3) is 0.368. The molecule has 2 aliphatic heterocycles. The summed E-state index contributed by atoms with van der Waals surface area (Å²) in [7, 11) is 0. The number of halogens is 2. The van der Waals surface area contributed by atoms with E-state index in [1.165, 1.54) is 15.5 Å². The van der Waals surface area contributed by atoms with E-state index >= 15 is 0 Å². The van der Waals surface area contributed by atoms with Crippen molar-refractivity contribution in [3.8, 4) is 11.5 Å². The maximum absolute atomic E-state index is 13.5. The zero-order valence-electron chi connectivity index (χ0n) is 16.4. The molecule has 0 fully saturated rings. The normalized spacial score (nSPS) is 17.5. The maximum Gasteiger partial charge on any atom is 0.586 e. The lowest BCUT2D eigenvalue weighted by molar-refractivity contribution is -0.286. The van der Waals surface area contributed by atoms with Crippen LogP contribution in [0, 0.1) is 6.92 Å². The van der Waals surface area contributed by atoms with Gasteiger partial charge < -0.3 is 15.2 Å². The van der Waals surface area contributed by atoms with Crippen molar-refractivity contribution in [3.05, 3.63) is 33.5 Å². The molecule has 12 heteroatoms. The Morgan fingerprint density at radius 2 is 2.10 bits per heavy atom. The summed E-state index contributed by atoms with van der Waals surface area (Å²) in [5.74, 6) is 0.400. The van der Waals surface area contributed by atoms with Gasteiger partial charge in [-0.1, -0.05) is 0 Å². The minimum atomic E-state index is -3.73. The van der Waals surface area contributed by atoms with Crippen molar-refractivity contribution in [2.75, 3.05) is 18.8 Å². The van der Waals surface area contributed by atoms with Gasteiger partial charge in [-0.05, 0) is 25.5 Å². The van der Waals surface area contributed by atoms with E-state index in [1.54, 1.807) is 17.4 Å². The average molecular weight is 445 g/mol. The van der Waals surface area contributed by atoms with Crippen LogP contribution in [-0.4, -0.2) is 48.9 Å². The van der Waals surface area contributed by atoms with Crippen LogP contribution in [0.4, 0.5) is 14.7 Å². The predicted octanol–water partition coefficient (Wildman–Crippen LogP) is 2.55. The lowest BCUT2D eigenvalue weighted by Crippen LogP contribution is -2.32. The summed E-state index contributed by atoms with van der Waals surface area (Å²) in [5, 5.41) is 6.08. The number of fused-ring (bicyclic) bond motifs is 6. The third kappa shape index (κ3) is 3.05. The molecule has 6 rings (SSSR count). The molecule has 160 valence electrons. The molecular formula is C19H17F2N7O2S. The number of nitrogens with zero attached hydrogens (tertiary/aromatic N) is 6. The molecule has 0 bridgehead atoms. The standard InChI is InChI=1S/C19H17F2N7O2S/c1-9-23-11-8-27(6-4-13(11)31-9)7-5-14-24-17-10-2-3-12-16(30-19(20,21)29-12)15(10)25-18(22)28(17)26-14/h2-3H,4-8H2,1H3,(H2,22,25). The molecule has 0 spiro atoms. The molecule has 0 aliphatic carbocycles. The molecule has 1 aromatic carbocycles. The van der Waals surface area contributed by atoms with Gasteiger partial charge in [0.1, 0.15) is 5.52 Å². The van der Waals surface area contributed by atoms with E-state index < -0.39 is 6.29 Å². The van der Waals surface area contributed by atoms with Crippen molar-refractivity contribution in [2.45, 2.75) is 32.6 Å². The molecule has 2 N–H and O–H groups in total. The molecule has 0 amide bonds. The van der Waals surface area contributed by atoms with Crippen LogP contribution in [-0.2, 0) is 19.4 Å². The van der Waals surface area contributed by atoms with Gasteiger partial charge in [0.25, 0.3) is 0 Å². The number of ether oxygens (including phenoxy) is 2. The smallest absolute Gasteiger partial charge is 0.395 e. The first-order valence-corrected chi connectivity index (χ1v) is 10.6. The molecule has 31 heavy (non-hydrogen) atoms. The van der Waals surface area contributed by atoms with Crippen molar-refractivity contribution in [1.29, 1.82) is 0 Å². The highest BCUT2D eigenvalue weighted by Crippen LogP contribution is 2.45. The lowest BCUT2D eigenvalue weighted by atomic mass is 10.2. The molecule has 0 saturated carbocycles. The van der Waals surface area contributed by atoms with Gasteiger partial charge in [0.2, 0.25) is 5.95 Å². The Labute approximate surface area is 178 Å². The van der Waals surface area contributed by atoms with Crippen LogP contribution in [0.25, 0.3) is 16.6 Å². The van der Waals surface area contributed by atoms with Crippen LogP contribution in [0.1, 0.15) is 21.4 Å². The number of aryl methyl sites for hydroxylation is 1. The first-order valence-electron chi connectivity index (χ1n) is 9.77. The fourth-order valence-electron chi connectivity index (χ4n) is 4.08. The molecule has 2 aliphatic rings. The second-order valence-electron chi connectivity index (χ2n) is 7.57. The lowest BCUT2D eigenvalue weighted by Gasteiger charge is -2.25. The topological polar surface area (TPSA) is 104 Å². The number of thiazole rings is 1. The quantitative estimate of drug-likeness (QED) is 0.513. The van der Waals surface area contributed by atoms with Crippen LogP contribution >= 0.6 is 11.3 Å². The van der Waals surface area contributed by atoms with Gasteiger partial charge in [0.15, 0.2) is 23.0 Å². The summed E-state index contributed by atoms with van der Waals surface area (Å²) in [6, 6.07) is 3.02. The molecule has 0 saturated heterocycles. The molecule has 9 nitrogen and oxygen atoms in total. The van der Waals surface area contributed by atoms with Crippen LogP contribution < -0.4 is 15.2 Å². The van der Waals surface area contributed by atoms with Gasteiger partial charge in [0.05, 0.1) is 10.7 Å². The summed E-state index contributed by atoms with van der Waals surface area (Å²) in [5.41, 5.74) is 7.80. The van der Waals surface area contributed by atoms with Crippen LogP contribution in [0.15, 0.2) is 12.1 Å². The zero-order valence-corrected chi connectivity index (χ0v) is 17.2. The summed E-state index contributed by atoms with van der Waals surface area (Å²) < 4.78 is 37.6. The van der Waals surface area contributed by atoms with Crippen molar-refractivity contribution in [3.63, 3.8) is 0 Å². The summed E-state index contributed by atoms with van der Waals surface area (Å²) >= 11 is 1.77. The van der Waals surface area contributed by atoms with Crippen LogP contribution in [0.3, 0.4) is 0 Å². The van der Waals surface area contributed by atoms with Gasteiger partial charge >= 0.3 is 6.29 Å². The minimum Gasteiger partial charge on any atom is -0.395 e. The minimum absolute atomic E-state index is 0.0361. The van der Waals surface area contributed by atoms with Gasteiger partial charge in [-0.2, -0.15) is 4.52 Å². The van der Waals surface area contributed by atoms with E-state index in [4.69, 9.17) is 5.73 Å². The number of hydrogen-bond acceptors (Lipinski definition) is 9. The van der Waals surface area contributed by atoms with Gasteiger partial charge in [0, 0.05) is 36.3 Å². The Bertz CT molecular complexity index is 1350. The zero-order chi connectivity index (χ0) is 21.3. The number of aromatic nitrogens is 5. The van der Waals surface area contributed by atoms with E-state index in [1.807, 2.05) is 6.92 Å². The van der Waals surface area contributed by atoms with Gasteiger partial charge in [-0.3, -0.25) is 4.90 Å². The highest BCUT2D eigenvalue weighted by Gasteiger charge is 2.45. The summed E-state index contributed by atoms with van der Waals surface area (Å²) in [4.78, 5) is 17.1. The Kier molecular flexibility index (Phi) is 3.87. The summed E-state index contributed by atoms with van der Waals surface area (Å²) in [6.07, 6.45) is -2.12. The number of hydrogen-bond donors (Lipinski definition) is 1. The highest BCUT2D eigenvalue weighted by molar-refractivity contribution is 7.11. The Morgan fingerprint density at radius 3 is 2.97 bits per heavy atom. The Balaban J connectivity index is 1.30. The molecule has 4 aromatic rings. The van der Waals surface area contributed by atoms with E-state index in [0.717, 1.165) is 36.8 Å². The molecule has 3 aromatic heterocycles.